The molecule has 0 spiro atoms. The van der Waals surface area contributed by atoms with Crippen LogP contribution in [0.15, 0.2) is 48.6 Å². The van der Waals surface area contributed by atoms with E-state index in [1.807, 2.05) is 0 Å². The SMILES string of the molecule is CC(C)CCC(C)/C=C/C1C=CC(c2ccc(C3CCCCC3)cc2)CC1. The number of rotatable bonds is 7. The molecular formula is C27H40. The Balaban J connectivity index is 1.50. The number of hydrogen-bond acceptors (Lipinski definition) is 0. The highest BCUT2D eigenvalue weighted by Crippen LogP contribution is 2.35. The Bertz CT molecular complexity index is 597. The fourth-order valence-corrected chi connectivity index (χ4v) is 4.76. The fraction of sp³-hybridized carbons (Fsp3) is 0.630. The van der Waals surface area contributed by atoms with Gasteiger partial charge in [-0.05, 0) is 66.9 Å². The summed E-state index contributed by atoms with van der Waals surface area (Å²) in [5, 5.41) is 0. The predicted octanol–water partition coefficient (Wildman–Crippen LogP) is 8.41. The van der Waals surface area contributed by atoms with Crippen LogP contribution in [0.25, 0.3) is 0 Å². The minimum Gasteiger partial charge on any atom is -0.0851 e. The first-order valence-corrected chi connectivity index (χ1v) is 11.6. The standard InChI is InChI=1S/C27H40/c1-21(2)9-10-22(3)11-12-23-13-15-25(16-14-23)27-19-17-26(18-20-27)24-7-5-4-6-8-24/h11-13,15,17-25H,4-10,14,16H2,1-3H3/b12-11+. The summed E-state index contributed by atoms with van der Waals surface area (Å²) in [6.45, 7) is 7.01. The maximum atomic E-state index is 2.47. The molecule has 2 aliphatic rings. The van der Waals surface area contributed by atoms with E-state index < -0.39 is 0 Å². The van der Waals surface area contributed by atoms with Crippen LogP contribution in [0, 0.1) is 17.8 Å². The van der Waals surface area contributed by atoms with Gasteiger partial charge in [0, 0.05) is 5.92 Å². The first kappa shape index (κ1) is 20.4. The molecule has 0 heterocycles. The normalized spacial score (nSPS) is 25.3. The van der Waals surface area contributed by atoms with Gasteiger partial charge in [-0.3, -0.25) is 0 Å². The maximum Gasteiger partial charge on any atom is 0.00185 e. The van der Waals surface area contributed by atoms with Crippen molar-refractivity contribution in [1.29, 1.82) is 0 Å². The van der Waals surface area contributed by atoms with Crippen LogP contribution in [0.5, 0.6) is 0 Å². The molecule has 27 heavy (non-hydrogen) atoms. The lowest BCUT2D eigenvalue weighted by Gasteiger charge is -2.24. The van der Waals surface area contributed by atoms with Crippen LogP contribution in [0.3, 0.4) is 0 Å². The van der Waals surface area contributed by atoms with Crippen molar-refractivity contribution in [3.05, 3.63) is 59.7 Å². The molecule has 0 aromatic heterocycles. The molecule has 148 valence electrons. The summed E-state index contributed by atoms with van der Waals surface area (Å²) in [6.07, 6.45) is 22.1. The molecule has 3 atom stereocenters. The van der Waals surface area contributed by atoms with Gasteiger partial charge in [0.2, 0.25) is 0 Å². The number of allylic oxidation sites excluding steroid dienone is 4. The molecule has 0 radical (unpaired) electrons. The van der Waals surface area contributed by atoms with Gasteiger partial charge >= 0.3 is 0 Å². The van der Waals surface area contributed by atoms with Crippen LogP contribution in [0.4, 0.5) is 0 Å². The highest BCUT2D eigenvalue weighted by atomic mass is 14.2. The lowest BCUT2D eigenvalue weighted by molar-refractivity contribution is 0.443. The molecule has 1 saturated carbocycles. The zero-order valence-electron chi connectivity index (χ0n) is 17.9. The zero-order chi connectivity index (χ0) is 19.1. The van der Waals surface area contributed by atoms with Crippen molar-refractivity contribution >= 4 is 0 Å². The van der Waals surface area contributed by atoms with Gasteiger partial charge < -0.3 is 0 Å². The molecule has 0 aliphatic heterocycles. The summed E-state index contributed by atoms with van der Waals surface area (Å²) in [5.41, 5.74) is 3.09. The monoisotopic (exact) mass is 364 g/mol. The number of hydrogen-bond donors (Lipinski definition) is 0. The Labute approximate surface area is 168 Å². The van der Waals surface area contributed by atoms with E-state index >= 15 is 0 Å². The Kier molecular flexibility index (Phi) is 7.80. The average Bonchev–Trinajstić information content (AvgIpc) is 2.72. The predicted molar refractivity (Wildman–Crippen MR) is 119 cm³/mol. The van der Waals surface area contributed by atoms with Gasteiger partial charge in [-0.25, -0.2) is 0 Å². The molecule has 1 aromatic rings. The van der Waals surface area contributed by atoms with Crippen LogP contribution in [0.1, 0.15) is 102 Å². The van der Waals surface area contributed by atoms with Gasteiger partial charge in [-0.1, -0.05) is 95.0 Å². The van der Waals surface area contributed by atoms with Crippen molar-refractivity contribution in [1.82, 2.24) is 0 Å². The summed E-state index contributed by atoms with van der Waals surface area (Å²) < 4.78 is 0. The molecule has 1 aromatic carbocycles. The van der Waals surface area contributed by atoms with Crippen molar-refractivity contribution in [3.63, 3.8) is 0 Å². The minimum atomic E-state index is 0.619. The summed E-state index contributed by atoms with van der Waals surface area (Å²) in [7, 11) is 0. The maximum absolute atomic E-state index is 2.47. The van der Waals surface area contributed by atoms with Gasteiger partial charge in [0.25, 0.3) is 0 Å². The Morgan fingerprint density at radius 2 is 1.52 bits per heavy atom. The Hall–Kier alpha value is -1.30. The molecule has 2 aliphatic carbocycles. The molecule has 3 rings (SSSR count). The minimum absolute atomic E-state index is 0.619. The summed E-state index contributed by atoms with van der Waals surface area (Å²) in [4.78, 5) is 0. The highest BCUT2D eigenvalue weighted by Gasteiger charge is 2.18. The quantitative estimate of drug-likeness (QED) is 0.426. The third-order valence-electron chi connectivity index (χ3n) is 6.73. The summed E-state index contributed by atoms with van der Waals surface area (Å²) in [5.74, 6) is 3.62. The largest absolute Gasteiger partial charge is 0.0851 e. The van der Waals surface area contributed by atoms with Crippen LogP contribution in [-0.2, 0) is 0 Å². The summed E-state index contributed by atoms with van der Waals surface area (Å²) >= 11 is 0. The van der Waals surface area contributed by atoms with Crippen molar-refractivity contribution in [3.8, 4) is 0 Å². The van der Waals surface area contributed by atoms with Crippen LogP contribution in [-0.4, -0.2) is 0 Å². The fourth-order valence-electron chi connectivity index (χ4n) is 4.76. The molecule has 0 bridgehead atoms. The van der Waals surface area contributed by atoms with E-state index in [0.29, 0.717) is 17.8 Å². The molecule has 0 nitrogen and oxygen atoms in total. The summed E-state index contributed by atoms with van der Waals surface area (Å²) in [6, 6.07) is 9.65. The van der Waals surface area contributed by atoms with E-state index in [1.165, 1.54) is 63.4 Å². The molecule has 0 heteroatoms. The van der Waals surface area contributed by atoms with Crippen LogP contribution >= 0.6 is 0 Å². The first-order chi connectivity index (χ1) is 13.1. The van der Waals surface area contributed by atoms with E-state index in [1.54, 1.807) is 5.56 Å². The van der Waals surface area contributed by atoms with Crippen molar-refractivity contribution < 1.29 is 0 Å². The Morgan fingerprint density at radius 1 is 0.815 bits per heavy atom. The molecule has 0 saturated heterocycles. The molecule has 1 fully saturated rings. The smallest absolute Gasteiger partial charge is 0.00185 e. The second-order valence-electron chi connectivity index (χ2n) is 9.57. The van der Waals surface area contributed by atoms with Gasteiger partial charge in [-0.2, -0.15) is 0 Å². The highest BCUT2D eigenvalue weighted by molar-refractivity contribution is 5.31. The van der Waals surface area contributed by atoms with Gasteiger partial charge in [0.05, 0.1) is 0 Å². The van der Waals surface area contributed by atoms with E-state index in [-0.39, 0.29) is 0 Å². The lowest BCUT2D eigenvalue weighted by Crippen LogP contribution is -2.07. The topological polar surface area (TPSA) is 0 Å². The van der Waals surface area contributed by atoms with Crippen LogP contribution < -0.4 is 0 Å². The van der Waals surface area contributed by atoms with Crippen molar-refractivity contribution in [2.45, 2.75) is 90.4 Å². The number of benzene rings is 1. The van der Waals surface area contributed by atoms with Gasteiger partial charge in [-0.15, -0.1) is 0 Å². The van der Waals surface area contributed by atoms with Crippen molar-refractivity contribution in [2.75, 3.05) is 0 Å². The third kappa shape index (κ3) is 6.37. The van der Waals surface area contributed by atoms with Gasteiger partial charge in [0.1, 0.15) is 0 Å². The Morgan fingerprint density at radius 3 is 2.15 bits per heavy atom. The zero-order valence-corrected chi connectivity index (χ0v) is 17.9. The van der Waals surface area contributed by atoms with Gasteiger partial charge in [0.15, 0.2) is 0 Å². The molecule has 0 N–H and O–H groups in total. The van der Waals surface area contributed by atoms with E-state index in [9.17, 15) is 0 Å². The second-order valence-corrected chi connectivity index (χ2v) is 9.57. The van der Waals surface area contributed by atoms with E-state index in [2.05, 4.69) is 69.3 Å². The molecular weight excluding hydrogens is 324 g/mol. The van der Waals surface area contributed by atoms with E-state index in [4.69, 9.17) is 0 Å². The van der Waals surface area contributed by atoms with Crippen LogP contribution in [0.2, 0.25) is 0 Å². The second kappa shape index (κ2) is 10.3. The van der Waals surface area contributed by atoms with E-state index in [0.717, 1.165) is 11.8 Å². The third-order valence-corrected chi connectivity index (χ3v) is 6.73. The average molecular weight is 365 g/mol. The molecule has 0 amide bonds. The first-order valence-electron chi connectivity index (χ1n) is 11.6. The lowest BCUT2D eigenvalue weighted by atomic mass is 9.81. The molecule has 3 unspecified atom stereocenters. The van der Waals surface area contributed by atoms with Crippen molar-refractivity contribution in [2.24, 2.45) is 17.8 Å².